The summed E-state index contributed by atoms with van der Waals surface area (Å²) in [7, 11) is 0. The maximum absolute atomic E-state index is 11.8. The average Bonchev–Trinajstić information content (AvgIpc) is 3.06. The maximum Gasteiger partial charge on any atom is 0.167 e. The molecular weight excluding hydrogens is 346 g/mol. The van der Waals surface area contributed by atoms with Crippen molar-refractivity contribution in [2.24, 2.45) is 0 Å². The molecule has 2 heterocycles. The minimum atomic E-state index is 0.444. The van der Waals surface area contributed by atoms with Crippen molar-refractivity contribution < 1.29 is 9.53 Å². The maximum atomic E-state index is 11.8. The highest BCUT2D eigenvalue weighted by Crippen LogP contribution is 2.36. The fourth-order valence-corrected chi connectivity index (χ4v) is 3.23. The second-order valence-corrected chi connectivity index (χ2v) is 6.41. The summed E-state index contributed by atoms with van der Waals surface area (Å²) in [5, 5.41) is 0.596. The highest BCUT2D eigenvalue weighted by Gasteiger charge is 2.16. The van der Waals surface area contributed by atoms with Gasteiger partial charge in [0.1, 0.15) is 12.4 Å². The Morgan fingerprint density at radius 2 is 1.73 bits per heavy atom. The molecule has 0 radical (unpaired) electrons. The van der Waals surface area contributed by atoms with E-state index in [2.05, 4.69) is 0 Å². The van der Waals surface area contributed by atoms with Crippen LogP contribution in [0, 0.1) is 0 Å². The summed E-state index contributed by atoms with van der Waals surface area (Å²) in [6.07, 6.45) is 2.74. The molecule has 0 bridgehead atoms. The van der Waals surface area contributed by atoms with Crippen LogP contribution in [0.3, 0.4) is 0 Å². The molecule has 0 aliphatic rings. The summed E-state index contributed by atoms with van der Waals surface area (Å²) in [6.45, 7) is 0.444. The molecule has 0 N–H and O–H groups in total. The molecule has 0 aliphatic heterocycles. The van der Waals surface area contributed by atoms with Crippen molar-refractivity contribution in [3.8, 4) is 16.9 Å². The first-order valence-electron chi connectivity index (χ1n) is 8.28. The molecule has 2 aromatic carbocycles. The number of ether oxygens (including phenoxy) is 1. The number of aromatic nitrogens is 1. The Balaban J connectivity index is 1.79. The number of carbonyl (C=O) groups is 1. The van der Waals surface area contributed by atoms with Crippen LogP contribution in [0.15, 0.2) is 79.0 Å². The molecule has 4 rings (SSSR count). The van der Waals surface area contributed by atoms with E-state index < -0.39 is 0 Å². The molecule has 4 heteroatoms. The van der Waals surface area contributed by atoms with Gasteiger partial charge in [-0.2, -0.15) is 0 Å². The molecule has 0 fully saturated rings. The third kappa shape index (κ3) is 3.09. The number of benzene rings is 2. The van der Waals surface area contributed by atoms with Crippen LogP contribution in [0.25, 0.3) is 16.6 Å². The number of hydrogen-bond acceptors (Lipinski definition) is 2. The van der Waals surface area contributed by atoms with Gasteiger partial charge in [-0.25, -0.2) is 0 Å². The SMILES string of the molecule is O=Cc1c(-c2cc(Cl)ccc2OCc2ccccc2)cc2ccccn12. The summed E-state index contributed by atoms with van der Waals surface area (Å²) >= 11 is 6.23. The zero-order valence-corrected chi connectivity index (χ0v) is 14.7. The van der Waals surface area contributed by atoms with Crippen LogP contribution in [0.2, 0.25) is 5.02 Å². The van der Waals surface area contributed by atoms with E-state index in [1.807, 2.05) is 77.3 Å². The van der Waals surface area contributed by atoms with Crippen molar-refractivity contribution >= 4 is 23.4 Å². The van der Waals surface area contributed by atoms with Crippen LogP contribution in [0.5, 0.6) is 5.75 Å². The van der Waals surface area contributed by atoms with Crippen molar-refractivity contribution in [3.63, 3.8) is 0 Å². The standard InChI is InChI=1S/C22H16ClNO2/c23-17-9-10-22(26-15-16-6-2-1-3-7-16)20(12-17)19-13-18-8-4-5-11-24(18)21(19)14-25/h1-14H,15H2. The number of nitrogens with zero attached hydrogens (tertiary/aromatic N) is 1. The van der Waals surface area contributed by atoms with Gasteiger partial charge in [0.15, 0.2) is 6.29 Å². The fourth-order valence-electron chi connectivity index (χ4n) is 3.05. The van der Waals surface area contributed by atoms with Crippen LogP contribution >= 0.6 is 11.6 Å². The Morgan fingerprint density at radius 1 is 0.923 bits per heavy atom. The van der Waals surface area contributed by atoms with Crippen molar-refractivity contribution in [1.82, 2.24) is 4.40 Å². The lowest BCUT2D eigenvalue weighted by molar-refractivity contribution is 0.111. The molecule has 0 saturated carbocycles. The summed E-state index contributed by atoms with van der Waals surface area (Å²) in [4.78, 5) is 11.8. The van der Waals surface area contributed by atoms with Gasteiger partial charge >= 0.3 is 0 Å². The zero-order chi connectivity index (χ0) is 17.9. The number of hydrogen-bond donors (Lipinski definition) is 0. The van der Waals surface area contributed by atoms with E-state index in [0.29, 0.717) is 23.1 Å². The number of rotatable bonds is 5. The summed E-state index contributed by atoms with van der Waals surface area (Å²) in [5.41, 5.74) is 4.20. The van der Waals surface area contributed by atoms with Gasteiger partial charge in [0.2, 0.25) is 0 Å². The van der Waals surface area contributed by atoms with Gasteiger partial charge in [0.05, 0.1) is 5.69 Å². The minimum absolute atomic E-state index is 0.444. The lowest BCUT2D eigenvalue weighted by Crippen LogP contribution is -1.98. The van der Waals surface area contributed by atoms with Crippen LogP contribution in [0.1, 0.15) is 16.1 Å². The van der Waals surface area contributed by atoms with Gasteiger partial charge in [-0.15, -0.1) is 0 Å². The predicted octanol–water partition coefficient (Wildman–Crippen LogP) is 5.65. The number of carbonyl (C=O) groups excluding carboxylic acids is 1. The third-order valence-electron chi connectivity index (χ3n) is 4.30. The summed E-state index contributed by atoms with van der Waals surface area (Å²) in [6, 6.07) is 23.2. The molecule has 26 heavy (non-hydrogen) atoms. The van der Waals surface area contributed by atoms with Gasteiger partial charge < -0.3 is 9.14 Å². The Labute approximate surface area is 156 Å². The predicted molar refractivity (Wildman–Crippen MR) is 104 cm³/mol. The molecule has 0 aliphatic carbocycles. The van der Waals surface area contributed by atoms with Crippen molar-refractivity contribution in [2.45, 2.75) is 6.61 Å². The second kappa shape index (κ2) is 7.06. The first-order valence-corrected chi connectivity index (χ1v) is 8.66. The Morgan fingerprint density at radius 3 is 2.54 bits per heavy atom. The molecule has 0 unspecified atom stereocenters. The number of pyridine rings is 1. The Hall–Kier alpha value is -3.04. The first kappa shape index (κ1) is 16.4. The van der Waals surface area contributed by atoms with Crippen LogP contribution in [0.4, 0.5) is 0 Å². The molecule has 0 saturated heterocycles. The van der Waals surface area contributed by atoms with Crippen molar-refractivity contribution in [1.29, 1.82) is 0 Å². The van der Waals surface area contributed by atoms with Crippen molar-refractivity contribution in [3.05, 3.63) is 95.3 Å². The lowest BCUT2D eigenvalue weighted by atomic mass is 10.0. The van der Waals surface area contributed by atoms with E-state index >= 15 is 0 Å². The van der Waals surface area contributed by atoms with Gasteiger partial charge in [-0.05, 0) is 42.0 Å². The smallest absolute Gasteiger partial charge is 0.167 e. The molecule has 0 atom stereocenters. The second-order valence-electron chi connectivity index (χ2n) is 5.97. The van der Waals surface area contributed by atoms with Gasteiger partial charge in [-0.1, -0.05) is 48.0 Å². The molecular formula is C22H16ClNO2. The largest absolute Gasteiger partial charge is 0.488 e. The van der Waals surface area contributed by atoms with E-state index in [1.165, 1.54) is 0 Å². The van der Waals surface area contributed by atoms with Gasteiger partial charge in [0, 0.05) is 27.9 Å². The number of halogens is 1. The van der Waals surface area contributed by atoms with Crippen molar-refractivity contribution in [2.75, 3.05) is 0 Å². The molecule has 3 nitrogen and oxygen atoms in total. The average molecular weight is 362 g/mol. The zero-order valence-electron chi connectivity index (χ0n) is 13.9. The number of aldehydes is 1. The van der Waals surface area contributed by atoms with E-state index in [4.69, 9.17) is 16.3 Å². The Kier molecular flexibility index (Phi) is 4.46. The molecule has 2 aromatic heterocycles. The van der Waals surface area contributed by atoms with E-state index in [0.717, 1.165) is 28.5 Å². The van der Waals surface area contributed by atoms with Gasteiger partial charge in [-0.3, -0.25) is 4.79 Å². The van der Waals surface area contributed by atoms with E-state index in [9.17, 15) is 4.79 Å². The quantitative estimate of drug-likeness (QED) is 0.430. The fraction of sp³-hybridized carbons (Fsp3) is 0.0455. The molecule has 0 amide bonds. The molecule has 0 spiro atoms. The highest BCUT2D eigenvalue weighted by molar-refractivity contribution is 6.31. The number of fused-ring (bicyclic) bond motifs is 1. The normalized spacial score (nSPS) is 10.8. The topological polar surface area (TPSA) is 30.7 Å². The lowest BCUT2D eigenvalue weighted by Gasteiger charge is -2.12. The minimum Gasteiger partial charge on any atom is -0.488 e. The monoisotopic (exact) mass is 361 g/mol. The van der Waals surface area contributed by atoms with Gasteiger partial charge in [0.25, 0.3) is 0 Å². The highest BCUT2D eigenvalue weighted by atomic mass is 35.5. The van der Waals surface area contributed by atoms with E-state index in [1.54, 1.807) is 6.07 Å². The molecule has 4 aromatic rings. The Bertz CT molecular complexity index is 1070. The molecule has 128 valence electrons. The van der Waals surface area contributed by atoms with Crippen LogP contribution in [-0.2, 0) is 6.61 Å². The summed E-state index contributed by atoms with van der Waals surface area (Å²) in [5.74, 6) is 0.692. The summed E-state index contributed by atoms with van der Waals surface area (Å²) < 4.78 is 7.91. The first-order chi connectivity index (χ1) is 12.8. The van der Waals surface area contributed by atoms with E-state index in [-0.39, 0.29) is 0 Å². The van der Waals surface area contributed by atoms with Crippen LogP contribution < -0.4 is 4.74 Å². The third-order valence-corrected chi connectivity index (χ3v) is 4.53. The van der Waals surface area contributed by atoms with Crippen LogP contribution in [-0.4, -0.2) is 10.7 Å².